The second-order valence-corrected chi connectivity index (χ2v) is 7.10. The Kier molecular flexibility index (Phi) is 5.56. The van der Waals surface area contributed by atoms with Gasteiger partial charge in [-0.15, -0.1) is 11.3 Å². The summed E-state index contributed by atoms with van der Waals surface area (Å²) in [5.74, 6) is -0.208. The van der Waals surface area contributed by atoms with Gasteiger partial charge in [-0.2, -0.15) is 0 Å². The predicted molar refractivity (Wildman–Crippen MR) is 90.4 cm³/mol. The first-order valence-electron chi connectivity index (χ1n) is 7.02. The molecule has 0 bridgehead atoms. The molecule has 0 radical (unpaired) electrons. The lowest BCUT2D eigenvalue weighted by atomic mass is 9.90. The summed E-state index contributed by atoms with van der Waals surface area (Å²) < 4.78 is 0. The van der Waals surface area contributed by atoms with Gasteiger partial charge >= 0.3 is 0 Å². The number of hydrogen-bond donors (Lipinski definition) is 2. The van der Waals surface area contributed by atoms with Crippen LogP contribution in [0.15, 0.2) is 29.6 Å². The van der Waals surface area contributed by atoms with Crippen LogP contribution in [0.25, 0.3) is 10.6 Å². The fraction of sp³-hybridized carbons (Fsp3) is 0.375. The summed E-state index contributed by atoms with van der Waals surface area (Å²) >= 11 is 7.54. The number of carbonyl (C=O) groups excluding carboxylic acids is 1. The Balaban J connectivity index is 2.05. The van der Waals surface area contributed by atoms with E-state index in [9.17, 15) is 4.79 Å². The van der Waals surface area contributed by atoms with Gasteiger partial charge in [-0.25, -0.2) is 4.98 Å². The van der Waals surface area contributed by atoms with Crippen molar-refractivity contribution in [3.63, 3.8) is 0 Å². The fourth-order valence-corrected chi connectivity index (χ4v) is 3.06. The minimum Gasteiger partial charge on any atom is -0.396 e. The lowest BCUT2D eigenvalue weighted by Crippen LogP contribution is -2.34. The third-order valence-corrected chi connectivity index (χ3v) is 4.56. The van der Waals surface area contributed by atoms with Crippen molar-refractivity contribution in [3.8, 4) is 10.6 Å². The molecule has 0 saturated carbocycles. The summed E-state index contributed by atoms with van der Waals surface area (Å²) in [5.41, 5.74) is 1.07. The molecule has 6 heteroatoms. The van der Waals surface area contributed by atoms with E-state index in [0.29, 0.717) is 23.7 Å². The molecule has 0 saturated heterocycles. The smallest absolute Gasteiger partial charge is 0.270 e. The Labute approximate surface area is 139 Å². The second kappa shape index (κ2) is 7.22. The Morgan fingerprint density at radius 1 is 1.41 bits per heavy atom. The number of carbonyl (C=O) groups is 1. The highest BCUT2D eigenvalue weighted by molar-refractivity contribution is 7.13. The number of aliphatic hydroxyl groups is 1. The van der Waals surface area contributed by atoms with Crippen LogP contribution in [-0.2, 0) is 0 Å². The molecule has 22 heavy (non-hydrogen) atoms. The minimum atomic E-state index is -0.208. The Bertz CT molecular complexity index is 655. The highest BCUT2D eigenvalue weighted by Crippen LogP contribution is 2.30. The molecule has 4 nitrogen and oxygen atoms in total. The van der Waals surface area contributed by atoms with Crippen LogP contribution in [0.1, 0.15) is 30.8 Å². The summed E-state index contributed by atoms with van der Waals surface area (Å²) in [5, 5.41) is 14.9. The molecule has 0 aliphatic rings. The van der Waals surface area contributed by atoms with Gasteiger partial charge in [0.2, 0.25) is 0 Å². The Hall–Kier alpha value is -1.43. The van der Waals surface area contributed by atoms with Crippen LogP contribution in [0, 0.1) is 5.41 Å². The maximum absolute atomic E-state index is 12.2. The molecular formula is C16H19ClN2O2S. The standard InChI is InChI=1S/C16H19ClN2O2S/c1-16(2,7-8-20)10-18-14(21)13-9-22-15(19-13)11-5-3-4-6-12(11)17/h3-6,9,20H,7-8,10H2,1-2H3,(H,18,21). The van der Waals surface area contributed by atoms with Gasteiger partial charge in [-0.05, 0) is 17.9 Å². The molecule has 2 rings (SSSR count). The van der Waals surface area contributed by atoms with Crippen LogP contribution in [-0.4, -0.2) is 29.1 Å². The molecule has 0 aliphatic heterocycles. The zero-order valence-electron chi connectivity index (χ0n) is 12.6. The van der Waals surface area contributed by atoms with Gasteiger partial charge in [0, 0.05) is 24.1 Å². The number of nitrogens with zero attached hydrogens (tertiary/aromatic N) is 1. The van der Waals surface area contributed by atoms with E-state index in [1.807, 2.05) is 32.0 Å². The molecule has 1 aromatic carbocycles. The number of nitrogens with one attached hydrogen (secondary N) is 1. The third-order valence-electron chi connectivity index (χ3n) is 3.36. The monoisotopic (exact) mass is 338 g/mol. The number of aliphatic hydroxyl groups excluding tert-OH is 1. The van der Waals surface area contributed by atoms with Gasteiger partial charge in [0.15, 0.2) is 0 Å². The molecule has 118 valence electrons. The zero-order chi connectivity index (χ0) is 16.2. The number of halogens is 1. The Morgan fingerprint density at radius 2 is 2.14 bits per heavy atom. The fourth-order valence-electron chi connectivity index (χ4n) is 1.94. The van der Waals surface area contributed by atoms with E-state index in [1.165, 1.54) is 11.3 Å². The maximum Gasteiger partial charge on any atom is 0.270 e. The average Bonchev–Trinajstić information content (AvgIpc) is 2.95. The normalized spacial score (nSPS) is 11.5. The van der Waals surface area contributed by atoms with Gasteiger partial charge in [0.1, 0.15) is 10.7 Å². The van der Waals surface area contributed by atoms with Crippen molar-refractivity contribution in [3.05, 3.63) is 40.4 Å². The molecule has 0 aliphatic carbocycles. The van der Waals surface area contributed by atoms with Crippen molar-refractivity contribution in [2.45, 2.75) is 20.3 Å². The van der Waals surface area contributed by atoms with E-state index >= 15 is 0 Å². The highest BCUT2D eigenvalue weighted by Gasteiger charge is 2.20. The number of amides is 1. The SMILES string of the molecule is CC(C)(CCO)CNC(=O)c1csc(-c2ccccc2Cl)n1. The number of rotatable bonds is 6. The molecule has 0 atom stereocenters. The summed E-state index contributed by atoms with van der Waals surface area (Å²) in [7, 11) is 0. The van der Waals surface area contributed by atoms with Crippen LogP contribution in [0.3, 0.4) is 0 Å². The van der Waals surface area contributed by atoms with Crippen LogP contribution >= 0.6 is 22.9 Å². The second-order valence-electron chi connectivity index (χ2n) is 5.84. The van der Waals surface area contributed by atoms with Gasteiger partial charge < -0.3 is 10.4 Å². The van der Waals surface area contributed by atoms with E-state index in [-0.39, 0.29) is 17.9 Å². The van der Waals surface area contributed by atoms with Gasteiger partial charge in [-0.3, -0.25) is 4.79 Å². The summed E-state index contributed by atoms with van der Waals surface area (Å²) in [4.78, 5) is 16.5. The van der Waals surface area contributed by atoms with E-state index < -0.39 is 0 Å². The van der Waals surface area contributed by atoms with E-state index in [2.05, 4.69) is 10.3 Å². The molecule has 1 heterocycles. The van der Waals surface area contributed by atoms with Gasteiger partial charge in [0.25, 0.3) is 5.91 Å². The van der Waals surface area contributed by atoms with Crippen molar-refractivity contribution in [2.75, 3.05) is 13.2 Å². The Morgan fingerprint density at radius 3 is 2.82 bits per heavy atom. The van der Waals surface area contributed by atoms with Gasteiger partial charge in [0.05, 0.1) is 5.02 Å². The molecule has 0 fully saturated rings. The maximum atomic E-state index is 12.2. The van der Waals surface area contributed by atoms with E-state index in [1.54, 1.807) is 11.4 Å². The molecule has 0 spiro atoms. The van der Waals surface area contributed by atoms with E-state index in [0.717, 1.165) is 10.6 Å². The first kappa shape index (κ1) is 16.9. The van der Waals surface area contributed by atoms with Gasteiger partial charge in [-0.1, -0.05) is 43.6 Å². The van der Waals surface area contributed by atoms with Crippen LogP contribution in [0.4, 0.5) is 0 Å². The number of thiazole rings is 1. The first-order chi connectivity index (χ1) is 10.4. The molecule has 0 unspecified atom stereocenters. The third kappa shape index (κ3) is 4.29. The minimum absolute atomic E-state index is 0.107. The lowest BCUT2D eigenvalue weighted by molar-refractivity contribution is 0.0924. The summed E-state index contributed by atoms with van der Waals surface area (Å²) in [6.45, 7) is 4.60. The van der Waals surface area contributed by atoms with Crippen LogP contribution in [0.2, 0.25) is 5.02 Å². The van der Waals surface area contributed by atoms with Crippen molar-refractivity contribution in [2.24, 2.45) is 5.41 Å². The van der Waals surface area contributed by atoms with Crippen LogP contribution < -0.4 is 5.32 Å². The topological polar surface area (TPSA) is 62.2 Å². The highest BCUT2D eigenvalue weighted by atomic mass is 35.5. The summed E-state index contributed by atoms with van der Waals surface area (Å²) in [6, 6.07) is 7.43. The van der Waals surface area contributed by atoms with Crippen LogP contribution in [0.5, 0.6) is 0 Å². The van der Waals surface area contributed by atoms with Crippen molar-refractivity contribution in [1.82, 2.24) is 10.3 Å². The molecule has 2 N–H and O–H groups in total. The number of benzene rings is 1. The molecule has 2 aromatic rings. The molecule has 1 aromatic heterocycles. The van der Waals surface area contributed by atoms with Crippen molar-refractivity contribution >= 4 is 28.8 Å². The largest absolute Gasteiger partial charge is 0.396 e. The molecule has 1 amide bonds. The molecular weight excluding hydrogens is 320 g/mol. The van der Waals surface area contributed by atoms with E-state index in [4.69, 9.17) is 16.7 Å². The summed E-state index contributed by atoms with van der Waals surface area (Å²) in [6.07, 6.45) is 0.634. The average molecular weight is 339 g/mol. The number of hydrogen-bond acceptors (Lipinski definition) is 4. The van der Waals surface area contributed by atoms with Crippen molar-refractivity contribution in [1.29, 1.82) is 0 Å². The predicted octanol–water partition coefficient (Wildman–Crippen LogP) is 3.60. The zero-order valence-corrected chi connectivity index (χ0v) is 14.2. The van der Waals surface area contributed by atoms with Crippen molar-refractivity contribution < 1.29 is 9.90 Å². The number of aromatic nitrogens is 1. The quantitative estimate of drug-likeness (QED) is 0.845. The first-order valence-corrected chi connectivity index (χ1v) is 8.28. The lowest BCUT2D eigenvalue weighted by Gasteiger charge is -2.23.